The Kier molecular flexibility index (Phi) is 3.73. The first-order valence-corrected chi connectivity index (χ1v) is 7.66. The molecule has 1 fully saturated rings. The van der Waals surface area contributed by atoms with Gasteiger partial charge in [-0.2, -0.15) is 5.26 Å². The van der Waals surface area contributed by atoms with E-state index in [1.807, 2.05) is 10.6 Å². The van der Waals surface area contributed by atoms with Crippen LogP contribution in [0.5, 0.6) is 0 Å². The van der Waals surface area contributed by atoms with Gasteiger partial charge in [0.05, 0.1) is 5.56 Å². The van der Waals surface area contributed by atoms with Crippen molar-refractivity contribution in [1.82, 2.24) is 10.6 Å². The monoisotopic (exact) mass is 316 g/mol. The van der Waals surface area contributed by atoms with Gasteiger partial charge in [-0.1, -0.05) is 0 Å². The molecule has 7 nitrogen and oxygen atoms in total. The van der Waals surface area contributed by atoms with Crippen LogP contribution in [0.3, 0.4) is 0 Å². The summed E-state index contributed by atoms with van der Waals surface area (Å²) in [6.45, 7) is 0. The van der Waals surface area contributed by atoms with Crippen molar-refractivity contribution in [3.63, 3.8) is 0 Å². The van der Waals surface area contributed by atoms with Crippen LogP contribution in [0.25, 0.3) is 0 Å². The van der Waals surface area contributed by atoms with E-state index in [0.29, 0.717) is 10.6 Å². The zero-order valence-corrected chi connectivity index (χ0v) is 12.3. The molecule has 0 aromatic carbocycles. The SMILES string of the molecule is N#Cc1c(N=CC2C(=O)NC(=O)NC2=O)sc2c1CCCC2. The normalized spacial score (nSPS) is 18.8. The molecular formula is C14H12N4O3S. The third-order valence-corrected chi connectivity index (χ3v) is 4.84. The molecule has 2 aliphatic rings. The van der Waals surface area contributed by atoms with Crippen molar-refractivity contribution < 1.29 is 14.4 Å². The maximum absolute atomic E-state index is 11.6. The number of nitrogens with one attached hydrogen (secondary N) is 2. The maximum atomic E-state index is 11.6. The second-order valence-corrected chi connectivity index (χ2v) is 6.15. The highest BCUT2D eigenvalue weighted by Crippen LogP contribution is 2.39. The smallest absolute Gasteiger partial charge is 0.277 e. The number of urea groups is 1. The molecule has 2 N–H and O–H groups in total. The Bertz CT molecular complexity index is 724. The van der Waals surface area contributed by atoms with E-state index in [1.165, 1.54) is 17.6 Å². The van der Waals surface area contributed by atoms with Gasteiger partial charge < -0.3 is 0 Å². The second kappa shape index (κ2) is 5.69. The minimum absolute atomic E-state index is 0.520. The first-order valence-electron chi connectivity index (χ1n) is 6.84. The van der Waals surface area contributed by atoms with Gasteiger partial charge in [0, 0.05) is 11.1 Å². The lowest BCUT2D eigenvalue weighted by Crippen LogP contribution is -2.56. The number of carbonyl (C=O) groups excluding carboxylic acids is 3. The molecule has 0 atom stereocenters. The largest absolute Gasteiger partial charge is 0.328 e. The van der Waals surface area contributed by atoms with Gasteiger partial charge in [0.2, 0.25) is 11.8 Å². The van der Waals surface area contributed by atoms with Crippen LogP contribution in [0.2, 0.25) is 0 Å². The first-order chi connectivity index (χ1) is 10.6. The summed E-state index contributed by atoms with van der Waals surface area (Å²) in [4.78, 5) is 39.6. The van der Waals surface area contributed by atoms with Crippen molar-refractivity contribution in [3.05, 3.63) is 16.0 Å². The van der Waals surface area contributed by atoms with E-state index in [2.05, 4.69) is 11.1 Å². The summed E-state index contributed by atoms with van der Waals surface area (Å²) in [7, 11) is 0. The molecule has 0 saturated carbocycles. The number of aryl methyl sites for hydroxylation is 1. The Labute approximate surface area is 130 Å². The van der Waals surface area contributed by atoms with Gasteiger partial charge in [-0.15, -0.1) is 11.3 Å². The summed E-state index contributed by atoms with van der Waals surface area (Å²) in [5.41, 5.74) is 1.57. The van der Waals surface area contributed by atoms with Crippen LogP contribution in [0.4, 0.5) is 9.80 Å². The van der Waals surface area contributed by atoms with Gasteiger partial charge in [-0.25, -0.2) is 9.79 Å². The quantitative estimate of drug-likeness (QED) is 0.630. The van der Waals surface area contributed by atoms with Crippen LogP contribution in [-0.2, 0) is 22.4 Å². The Morgan fingerprint density at radius 3 is 2.55 bits per heavy atom. The molecule has 0 radical (unpaired) electrons. The minimum Gasteiger partial charge on any atom is -0.277 e. The molecule has 1 aromatic heterocycles. The Balaban J connectivity index is 1.88. The fourth-order valence-electron chi connectivity index (χ4n) is 2.56. The molecule has 0 unspecified atom stereocenters. The summed E-state index contributed by atoms with van der Waals surface area (Å²) in [5.74, 6) is -2.59. The highest BCUT2D eigenvalue weighted by molar-refractivity contribution is 7.16. The standard InChI is InChI=1S/C14H12N4O3S/c15-5-8-7-3-1-2-4-10(7)22-13(8)16-6-9-11(19)17-14(21)18-12(9)20/h6,9H,1-4H2,(H2,17,18,19,20,21). The number of carbonyl (C=O) groups is 3. The van der Waals surface area contributed by atoms with E-state index < -0.39 is 23.8 Å². The summed E-state index contributed by atoms with van der Waals surface area (Å²) in [6.07, 6.45) is 5.13. The van der Waals surface area contributed by atoms with Gasteiger partial charge in [0.15, 0.2) is 5.92 Å². The minimum atomic E-state index is -1.16. The Morgan fingerprint density at radius 2 is 1.86 bits per heavy atom. The third-order valence-electron chi connectivity index (χ3n) is 3.64. The fourth-order valence-corrected chi connectivity index (χ4v) is 3.76. The molecule has 1 aliphatic heterocycles. The van der Waals surface area contributed by atoms with E-state index in [4.69, 9.17) is 0 Å². The number of rotatable bonds is 2. The summed E-state index contributed by atoms with van der Waals surface area (Å²) in [6, 6.07) is 1.33. The van der Waals surface area contributed by atoms with E-state index in [1.54, 1.807) is 0 Å². The van der Waals surface area contributed by atoms with Gasteiger partial charge >= 0.3 is 6.03 Å². The zero-order valence-electron chi connectivity index (χ0n) is 11.5. The van der Waals surface area contributed by atoms with Crippen LogP contribution < -0.4 is 10.6 Å². The lowest BCUT2D eigenvalue weighted by Gasteiger charge is -2.16. The Hall–Kier alpha value is -2.53. The zero-order chi connectivity index (χ0) is 15.7. The molecule has 8 heteroatoms. The molecule has 4 amide bonds. The number of amides is 4. The highest BCUT2D eigenvalue weighted by atomic mass is 32.1. The van der Waals surface area contributed by atoms with Gasteiger partial charge in [0.25, 0.3) is 0 Å². The number of barbiturate groups is 1. The number of nitrogens with zero attached hydrogens (tertiary/aromatic N) is 2. The maximum Gasteiger partial charge on any atom is 0.328 e. The van der Waals surface area contributed by atoms with Crippen LogP contribution in [-0.4, -0.2) is 24.1 Å². The van der Waals surface area contributed by atoms with Crippen LogP contribution >= 0.6 is 11.3 Å². The molecule has 3 rings (SSSR count). The van der Waals surface area contributed by atoms with Gasteiger partial charge in [-0.05, 0) is 31.2 Å². The molecule has 112 valence electrons. The lowest BCUT2D eigenvalue weighted by atomic mass is 9.96. The molecule has 1 aromatic rings. The third kappa shape index (κ3) is 2.51. The number of hydrogen-bond donors (Lipinski definition) is 2. The molecule has 1 aliphatic carbocycles. The summed E-state index contributed by atoms with van der Waals surface area (Å²) in [5, 5.41) is 13.9. The van der Waals surface area contributed by atoms with Crippen LogP contribution in [0, 0.1) is 17.2 Å². The predicted octanol–water partition coefficient (Wildman–Crippen LogP) is 1.18. The van der Waals surface area contributed by atoms with E-state index in [9.17, 15) is 19.6 Å². The number of hydrogen-bond acceptors (Lipinski definition) is 6. The molecule has 0 bridgehead atoms. The number of imide groups is 2. The molecule has 2 heterocycles. The summed E-state index contributed by atoms with van der Waals surface area (Å²) >= 11 is 1.43. The molecule has 22 heavy (non-hydrogen) atoms. The Morgan fingerprint density at radius 1 is 1.18 bits per heavy atom. The van der Waals surface area contributed by atoms with Gasteiger partial charge in [-0.3, -0.25) is 20.2 Å². The lowest BCUT2D eigenvalue weighted by molar-refractivity contribution is -0.132. The number of fused-ring (bicyclic) bond motifs is 1. The predicted molar refractivity (Wildman–Crippen MR) is 79.0 cm³/mol. The van der Waals surface area contributed by atoms with Crippen molar-refractivity contribution >= 4 is 40.4 Å². The van der Waals surface area contributed by atoms with Crippen LogP contribution in [0.1, 0.15) is 28.8 Å². The van der Waals surface area contributed by atoms with E-state index >= 15 is 0 Å². The van der Waals surface area contributed by atoms with Crippen molar-refractivity contribution in [2.45, 2.75) is 25.7 Å². The number of aliphatic imine (C=N–C) groups is 1. The molecule has 1 saturated heterocycles. The second-order valence-electron chi connectivity index (χ2n) is 5.07. The number of thiophene rings is 1. The van der Waals surface area contributed by atoms with Crippen LogP contribution in [0.15, 0.2) is 4.99 Å². The molecular weight excluding hydrogens is 304 g/mol. The van der Waals surface area contributed by atoms with Gasteiger partial charge in [0.1, 0.15) is 11.1 Å². The fraction of sp³-hybridized carbons (Fsp3) is 0.357. The van der Waals surface area contributed by atoms with E-state index in [0.717, 1.165) is 36.1 Å². The average Bonchev–Trinajstić information content (AvgIpc) is 2.83. The van der Waals surface area contributed by atoms with E-state index in [-0.39, 0.29) is 0 Å². The first kappa shape index (κ1) is 14.4. The van der Waals surface area contributed by atoms with Crippen molar-refractivity contribution in [1.29, 1.82) is 5.26 Å². The highest BCUT2D eigenvalue weighted by Gasteiger charge is 2.33. The van der Waals surface area contributed by atoms with Crippen molar-refractivity contribution in [3.8, 4) is 6.07 Å². The average molecular weight is 316 g/mol. The summed E-state index contributed by atoms with van der Waals surface area (Å²) < 4.78 is 0. The molecule has 0 spiro atoms. The van der Waals surface area contributed by atoms with Crippen molar-refractivity contribution in [2.75, 3.05) is 0 Å². The topological polar surface area (TPSA) is 111 Å². The van der Waals surface area contributed by atoms with Crippen molar-refractivity contribution in [2.24, 2.45) is 10.9 Å². The number of nitriles is 1.